The van der Waals surface area contributed by atoms with Crippen LogP contribution in [0, 0.1) is 0 Å². The molecule has 12 nitrogen and oxygen atoms in total. The number of hydrogen-bond donors (Lipinski definition) is 1. The van der Waals surface area contributed by atoms with Crippen LogP contribution in [0.5, 0.6) is 0 Å². The van der Waals surface area contributed by atoms with Crippen LogP contribution < -0.4 is 4.90 Å². The minimum absolute atomic E-state index is 0.0158. The molecular weight excluding hydrogens is 486 g/mol. The molecule has 3 aromatic rings. The van der Waals surface area contributed by atoms with Crippen LogP contribution in [-0.2, 0) is 32.7 Å². The van der Waals surface area contributed by atoms with Crippen molar-refractivity contribution >= 4 is 32.9 Å². The van der Waals surface area contributed by atoms with Crippen molar-refractivity contribution in [3.05, 3.63) is 36.0 Å². The van der Waals surface area contributed by atoms with Gasteiger partial charge in [-0.25, -0.2) is 18.1 Å². The van der Waals surface area contributed by atoms with Crippen molar-refractivity contribution in [3.8, 4) is 11.3 Å². The summed E-state index contributed by atoms with van der Waals surface area (Å²) in [5, 5.41) is 14.8. The summed E-state index contributed by atoms with van der Waals surface area (Å²) < 4.78 is 32.0. The third-order valence-electron chi connectivity index (χ3n) is 6.51. The Labute approximate surface area is 209 Å². The van der Waals surface area contributed by atoms with Crippen LogP contribution in [0.2, 0.25) is 0 Å². The fraction of sp³-hybridized carbons (Fsp3) is 0.478. The molecule has 0 aliphatic carbocycles. The average molecular weight is 516 g/mol. The zero-order valence-electron chi connectivity index (χ0n) is 20.1. The number of fused-ring (bicyclic) bond motifs is 1. The molecule has 2 saturated heterocycles. The van der Waals surface area contributed by atoms with Gasteiger partial charge in [0.05, 0.1) is 43.4 Å². The molecule has 4 heterocycles. The minimum Gasteiger partial charge on any atom is -0.392 e. The molecule has 2 aliphatic rings. The molecule has 2 aromatic heterocycles. The monoisotopic (exact) mass is 515 g/mol. The maximum atomic E-state index is 13.1. The zero-order valence-corrected chi connectivity index (χ0v) is 20.9. The van der Waals surface area contributed by atoms with E-state index in [-0.39, 0.29) is 32.1 Å². The zero-order chi connectivity index (χ0) is 25.3. The van der Waals surface area contributed by atoms with E-state index >= 15 is 0 Å². The number of sulfonamides is 1. The smallest absolute Gasteiger partial charge is 0.244 e. The van der Waals surface area contributed by atoms with E-state index in [1.165, 1.54) is 10.6 Å². The fourth-order valence-corrected chi connectivity index (χ4v) is 5.33. The number of piperazine rings is 1. The highest BCUT2D eigenvalue weighted by Gasteiger charge is 2.27. The maximum Gasteiger partial charge on any atom is 0.244 e. The summed E-state index contributed by atoms with van der Waals surface area (Å²) in [4.78, 5) is 26.4. The van der Waals surface area contributed by atoms with E-state index in [1.807, 2.05) is 29.2 Å². The highest BCUT2D eigenvalue weighted by Crippen LogP contribution is 2.29. The van der Waals surface area contributed by atoms with Gasteiger partial charge in [-0.2, -0.15) is 14.4 Å². The molecule has 2 aliphatic heterocycles. The highest BCUT2D eigenvalue weighted by molar-refractivity contribution is 7.88. The second-order valence-electron chi connectivity index (χ2n) is 8.91. The Hall–Kier alpha value is -3.13. The molecule has 1 N–H and O–H groups in total. The molecule has 5 rings (SSSR count). The predicted molar refractivity (Wildman–Crippen MR) is 133 cm³/mol. The molecule has 0 radical (unpaired) electrons. The molecule has 1 aromatic carbocycles. The first-order valence-electron chi connectivity index (χ1n) is 11.8. The molecule has 1 amide bonds. The summed E-state index contributed by atoms with van der Waals surface area (Å²) in [6.45, 7) is 3.58. The molecule has 36 heavy (non-hydrogen) atoms. The van der Waals surface area contributed by atoms with Gasteiger partial charge in [0.2, 0.25) is 21.9 Å². The topological polar surface area (TPSA) is 134 Å². The number of aliphatic hydroxyl groups is 1. The lowest BCUT2D eigenvalue weighted by molar-refractivity contribution is -0.133. The van der Waals surface area contributed by atoms with Crippen LogP contribution in [0.3, 0.4) is 0 Å². The Bertz CT molecular complexity index is 1360. The summed E-state index contributed by atoms with van der Waals surface area (Å²) in [6.07, 6.45) is 2.84. The highest BCUT2D eigenvalue weighted by atomic mass is 32.2. The van der Waals surface area contributed by atoms with Crippen molar-refractivity contribution in [2.45, 2.75) is 13.2 Å². The van der Waals surface area contributed by atoms with Gasteiger partial charge in [-0.05, 0) is 11.6 Å². The Balaban J connectivity index is 1.47. The van der Waals surface area contributed by atoms with Gasteiger partial charge in [0.1, 0.15) is 6.54 Å². The second kappa shape index (κ2) is 10.1. The first kappa shape index (κ1) is 24.6. The van der Waals surface area contributed by atoms with E-state index in [9.17, 15) is 18.3 Å². The Kier molecular flexibility index (Phi) is 6.88. The summed E-state index contributed by atoms with van der Waals surface area (Å²) in [7, 11) is -3.27. The van der Waals surface area contributed by atoms with Gasteiger partial charge in [0.15, 0.2) is 5.65 Å². The number of hydrogen-bond acceptors (Lipinski definition) is 9. The van der Waals surface area contributed by atoms with Crippen molar-refractivity contribution < 1.29 is 23.1 Å². The normalized spacial score (nSPS) is 17.6. The van der Waals surface area contributed by atoms with Crippen LogP contribution in [0.1, 0.15) is 5.56 Å². The Morgan fingerprint density at radius 2 is 1.83 bits per heavy atom. The molecular formula is C23H29N7O5S. The fourth-order valence-electron chi connectivity index (χ4n) is 4.50. The third kappa shape index (κ3) is 5.05. The van der Waals surface area contributed by atoms with Crippen LogP contribution in [-0.4, -0.2) is 107 Å². The predicted octanol–water partition coefficient (Wildman–Crippen LogP) is -0.0740. The van der Waals surface area contributed by atoms with Crippen LogP contribution >= 0.6 is 0 Å². The molecule has 0 saturated carbocycles. The molecule has 0 spiro atoms. The number of carbonyl (C=O) groups is 1. The van der Waals surface area contributed by atoms with Crippen molar-refractivity contribution in [2.75, 3.05) is 63.6 Å². The van der Waals surface area contributed by atoms with Gasteiger partial charge in [-0.15, -0.1) is 0 Å². The Morgan fingerprint density at radius 3 is 2.53 bits per heavy atom. The number of ether oxygens (including phenoxy) is 1. The largest absolute Gasteiger partial charge is 0.392 e. The first-order valence-corrected chi connectivity index (χ1v) is 13.7. The number of morpholine rings is 1. The van der Waals surface area contributed by atoms with Crippen molar-refractivity contribution in [2.24, 2.45) is 0 Å². The first-order chi connectivity index (χ1) is 17.3. The molecule has 2 fully saturated rings. The van der Waals surface area contributed by atoms with Gasteiger partial charge in [0.25, 0.3) is 0 Å². The lowest BCUT2D eigenvalue weighted by Crippen LogP contribution is -2.51. The van der Waals surface area contributed by atoms with Crippen LogP contribution in [0.15, 0.2) is 30.5 Å². The molecule has 192 valence electrons. The van der Waals surface area contributed by atoms with E-state index in [0.717, 1.165) is 11.1 Å². The van der Waals surface area contributed by atoms with E-state index in [1.54, 1.807) is 15.8 Å². The molecule has 0 atom stereocenters. The van der Waals surface area contributed by atoms with E-state index in [0.29, 0.717) is 62.1 Å². The van der Waals surface area contributed by atoms with E-state index < -0.39 is 10.0 Å². The van der Waals surface area contributed by atoms with Crippen molar-refractivity contribution in [3.63, 3.8) is 0 Å². The molecule has 0 bridgehead atoms. The second-order valence-corrected chi connectivity index (χ2v) is 10.9. The molecule has 13 heteroatoms. The number of amides is 1. The average Bonchev–Trinajstić information content (AvgIpc) is 3.30. The number of anilines is 1. The van der Waals surface area contributed by atoms with Gasteiger partial charge in [-0.1, -0.05) is 18.2 Å². The summed E-state index contributed by atoms with van der Waals surface area (Å²) >= 11 is 0. The number of rotatable bonds is 6. The van der Waals surface area contributed by atoms with E-state index in [4.69, 9.17) is 14.7 Å². The summed E-state index contributed by atoms with van der Waals surface area (Å²) in [5.74, 6) is 0.384. The van der Waals surface area contributed by atoms with Crippen molar-refractivity contribution in [1.29, 1.82) is 0 Å². The number of carbonyl (C=O) groups excluding carboxylic acids is 1. The number of benzene rings is 1. The maximum absolute atomic E-state index is 13.1. The van der Waals surface area contributed by atoms with Crippen molar-refractivity contribution in [1.82, 2.24) is 29.0 Å². The summed E-state index contributed by atoms with van der Waals surface area (Å²) in [6, 6.07) is 7.52. The number of aromatic nitrogens is 4. The van der Waals surface area contributed by atoms with Crippen LogP contribution in [0.25, 0.3) is 22.3 Å². The van der Waals surface area contributed by atoms with Gasteiger partial charge < -0.3 is 19.6 Å². The summed E-state index contributed by atoms with van der Waals surface area (Å²) in [5.41, 5.74) is 2.81. The number of nitrogens with zero attached hydrogens (tertiary/aromatic N) is 7. The SMILES string of the molecule is CS(=O)(=O)N1CCN(C(=O)Cn2ncc3c(-c4cccc(CO)c4)nc(N4CCOCC4)nc32)CC1. The third-order valence-corrected chi connectivity index (χ3v) is 7.81. The van der Waals surface area contributed by atoms with Gasteiger partial charge in [-0.3, -0.25) is 4.79 Å². The Morgan fingerprint density at radius 1 is 1.08 bits per heavy atom. The van der Waals surface area contributed by atoms with E-state index in [2.05, 4.69) is 5.10 Å². The standard InChI is InChI=1S/C23H29N7O5S/c1-36(33,34)29-7-5-27(6-8-29)20(32)15-30-22-19(14-24-30)21(18-4-2-3-17(13-18)16-31)25-23(26-22)28-9-11-35-12-10-28/h2-4,13-14,31H,5-12,15-16H2,1H3. The number of aliphatic hydroxyl groups excluding tert-OH is 1. The lowest BCUT2D eigenvalue weighted by atomic mass is 10.1. The van der Waals surface area contributed by atoms with Gasteiger partial charge >= 0.3 is 0 Å². The molecule has 0 unspecified atom stereocenters. The quantitative estimate of drug-likeness (QED) is 0.479. The lowest BCUT2D eigenvalue weighted by Gasteiger charge is -2.33. The van der Waals surface area contributed by atoms with Crippen LogP contribution in [0.4, 0.5) is 5.95 Å². The minimum atomic E-state index is -3.27. The van der Waals surface area contributed by atoms with Gasteiger partial charge in [0, 0.05) is 44.8 Å².